The van der Waals surface area contributed by atoms with Crippen LogP contribution in [-0.4, -0.2) is 48.3 Å². The molecule has 1 unspecified atom stereocenters. The molecular weight excluding hydrogens is 296 g/mol. The van der Waals surface area contributed by atoms with Crippen LogP contribution in [0.3, 0.4) is 0 Å². The largest absolute Gasteiger partial charge is 0.381 e. The number of nitrogens with zero attached hydrogens (tertiary/aromatic N) is 1. The number of amides is 2. The molecule has 1 atom stereocenters. The third-order valence-electron chi connectivity index (χ3n) is 4.70. The van der Waals surface area contributed by atoms with Crippen molar-refractivity contribution < 1.29 is 14.3 Å². The van der Waals surface area contributed by atoms with Gasteiger partial charge >= 0.3 is 0 Å². The Hall–Kier alpha value is -1.89. The first-order valence-corrected chi connectivity index (χ1v) is 8.40. The third kappa shape index (κ3) is 4.31. The minimum Gasteiger partial charge on any atom is -0.381 e. The Morgan fingerprint density at radius 1 is 1.35 bits per heavy atom. The number of H-pyrrole nitrogens is 1. The number of aromatic nitrogens is 2. The summed E-state index contributed by atoms with van der Waals surface area (Å²) in [5, 5.41) is 12.9. The molecule has 0 bridgehead atoms. The van der Waals surface area contributed by atoms with E-state index in [0.717, 1.165) is 44.6 Å². The van der Waals surface area contributed by atoms with Gasteiger partial charge in [0.25, 0.3) is 5.91 Å². The van der Waals surface area contributed by atoms with E-state index in [9.17, 15) is 9.59 Å². The fraction of sp³-hybridized carbons (Fsp3) is 0.688. The van der Waals surface area contributed by atoms with Crippen LogP contribution in [0.4, 0.5) is 0 Å². The Morgan fingerprint density at radius 3 is 2.91 bits per heavy atom. The van der Waals surface area contributed by atoms with E-state index in [1.165, 1.54) is 0 Å². The van der Waals surface area contributed by atoms with Crippen LogP contribution in [0.1, 0.15) is 54.2 Å². The van der Waals surface area contributed by atoms with Crippen molar-refractivity contribution in [3.63, 3.8) is 0 Å². The Labute approximate surface area is 135 Å². The summed E-state index contributed by atoms with van der Waals surface area (Å²) in [7, 11) is 0. The highest BCUT2D eigenvalue weighted by Crippen LogP contribution is 2.25. The van der Waals surface area contributed by atoms with Gasteiger partial charge < -0.3 is 15.4 Å². The molecule has 1 aromatic rings. The zero-order chi connectivity index (χ0) is 16.1. The monoisotopic (exact) mass is 320 g/mol. The van der Waals surface area contributed by atoms with Gasteiger partial charge in [0, 0.05) is 44.3 Å². The van der Waals surface area contributed by atoms with Gasteiger partial charge in [0.15, 0.2) is 0 Å². The van der Waals surface area contributed by atoms with Crippen LogP contribution in [-0.2, 0) is 9.53 Å². The van der Waals surface area contributed by atoms with Crippen molar-refractivity contribution >= 4 is 11.8 Å². The lowest BCUT2D eigenvalue weighted by molar-refractivity contribution is -0.122. The zero-order valence-electron chi connectivity index (χ0n) is 13.3. The molecule has 23 heavy (non-hydrogen) atoms. The molecule has 2 fully saturated rings. The summed E-state index contributed by atoms with van der Waals surface area (Å²) in [5.41, 5.74) is 1.47. The van der Waals surface area contributed by atoms with Crippen molar-refractivity contribution in [2.45, 2.75) is 38.0 Å². The number of carbonyl (C=O) groups is 2. The van der Waals surface area contributed by atoms with E-state index >= 15 is 0 Å². The number of piperidine rings is 1. The number of hydrogen-bond acceptors (Lipinski definition) is 4. The molecule has 2 saturated heterocycles. The fourth-order valence-corrected chi connectivity index (χ4v) is 3.18. The van der Waals surface area contributed by atoms with Gasteiger partial charge in [-0.05, 0) is 37.7 Å². The summed E-state index contributed by atoms with van der Waals surface area (Å²) < 4.78 is 5.35. The quantitative estimate of drug-likeness (QED) is 0.752. The van der Waals surface area contributed by atoms with Crippen LogP contribution in [0, 0.1) is 5.92 Å². The van der Waals surface area contributed by atoms with Crippen LogP contribution in [0.25, 0.3) is 0 Å². The van der Waals surface area contributed by atoms with E-state index in [-0.39, 0.29) is 11.8 Å². The Balaban J connectivity index is 1.43. The molecule has 3 N–H and O–H groups in total. The van der Waals surface area contributed by atoms with Crippen LogP contribution < -0.4 is 10.6 Å². The molecular formula is C16H24N4O3. The second-order valence-electron chi connectivity index (χ2n) is 6.35. The Bertz CT molecular complexity index is 541. The molecule has 0 saturated carbocycles. The molecule has 0 spiro atoms. The molecule has 2 aliphatic heterocycles. The Morgan fingerprint density at radius 2 is 2.17 bits per heavy atom. The maximum Gasteiger partial charge on any atom is 0.271 e. The first-order valence-electron chi connectivity index (χ1n) is 8.40. The third-order valence-corrected chi connectivity index (χ3v) is 4.70. The van der Waals surface area contributed by atoms with Gasteiger partial charge in [-0.15, -0.1) is 0 Å². The minimum atomic E-state index is -0.139. The molecule has 2 amide bonds. The zero-order valence-corrected chi connectivity index (χ0v) is 13.3. The van der Waals surface area contributed by atoms with Crippen LogP contribution in [0.15, 0.2) is 6.07 Å². The average Bonchev–Trinajstić information content (AvgIpc) is 3.07. The van der Waals surface area contributed by atoms with Gasteiger partial charge in [-0.25, -0.2) is 0 Å². The Kier molecular flexibility index (Phi) is 5.27. The lowest BCUT2D eigenvalue weighted by Crippen LogP contribution is -2.36. The van der Waals surface area contributed by atoms with Crippen LogP contribution in [0.5, 0.6) is 0 Å². The van der Waals surface area contributed by atoms with Crippen molar-refractivity contribution in [1.82, 2.24) is 20.8 Å². The van der Waals surface area contributed by atoms with E-state index in [1.54, 1.807) is 0 Å². The topological polar surface area (TPSA) is 96.1 Å². The number of hydrogen-bond donors (Lipinski definition) is 3. The van der Waals surface area contributed by atoms with Gasteiger partial charge in [-0.1, -0.05) is 0 Å². The molecule has 0 radical (unpaired) electrons. The number of carbonyl (C=O) groups excluding carboxylic acids is 2. The van der Waals surface area contributed by atoms with Crippen LogP contribution in [0.2, 0.25) is 0 Å². The predicted molar refractivity (Wildman–Crippen MR) is 84.1 cm³/mol. The van der Waals surface area contributed by atoms with Gasteiger partial charge in [0.2, 0.25) is 5.91 Å². The molecule has 3 heterocycles. The summed E-state index contributed by atoms with van der Waals surface area (Å²) in [6.07, 6.45) is 4.31. The van der Waals surface area contributed by atoms with E-state index in [2.05, 4.69) is 20.8 Å². The molecule has 7 nitrogen and oxygen atoms in total. The first-order chi connectivity index (χ1) is 11.2. The fourth-order valence-electron chi connectivity index (χ4n) is 3.18. The van der Waals surface area contributed by atoms with E-state index in [4.69, 9.17) is 4.74 Å². The molecule has 1 aromatic heterocycles. The summed E-state index contributed by atoms with van der Waals surface area (Å²) in [6.45, 7) is 2.86. The highest BCUT2D eigenvalue weighted by Gasteiger charge is 2.21. The maximum atomic E-state index is 12.1. The highest BCUT2D eigenvalue weighted by atomic mass is 16.5. The predicted octanol–water partition coefficient (Wildman–Crippen LogP) is 0.950. The van der Waals surface area contributed by atoms with Crippen molar-refractivity contribution in [2.24, 2.45) is 5.92 Å². The average molecular weight is 320 g/mol. The lowest BCUT2D eigenvalue weighted by atomic mass is 9.96. The van der Waals surface area contributed by atoms with Gasteiger partial charge in [0.1, 0.15) is 5.69 Å². The van der Waals surface area contributed by atoms with Crippen molar-refractivity contribution in [1.29, 1.82) is 0 Å². The van der Waals surface area contributed by atoms with E-state index in [1.807, 2.05) is 6.07 Å². The molecule has 0 aliphatic carbocycles. The SMILES string of the molecule is O=C1CCC(CCNC(=O)c2cc(C3CCOCC3)[nH]n2)CN1. The lowest BCUT2D eigenvalue weighted by Gasteiger charge is -2.22. The number of rotatable bonds is 5. The van der Waals surface area contributed by atoms with Crippen molar-refractivity contribution in [2.75, 3.05) is 26.3 Å². The summed E-state index contributed by atoms with van der Waals surface area (Å²) in [4.78, 5) is 23.3. The van der Waals surface area contributed by atoms with Gasteiger partial charge in [-0.2, -0.15) is 5.10 Å². The highest BCUT2D eigenvalue weighted by molar-refractivity contribution is 5.92. The summed E-state index contributed by atoms with van der Waals surface area (Å²) in [5.74, 6) is 0.843. The van der Waals surface area contributed by atoms with E-state index in [0.29, 0.717) is 37.0 Å². The molecule has 3 rings (SSSR count). The van der Waals surface area contributed by atoms with Gasteiger partial charge in [-0.3, -0.25) is 14.7 Å². The first kappa shape index (κ1) is 16.0. The minimum absolute atomic E-state index is 0.127. The van der Waals surface area contributed by atoms with E-state index < -0.39 is 0 Å². The second kappa shape index (κ2) is 7.59. The normalized spacial score (nSPS) is 22.6. The van der Waals surface area contributed by atoms with Crippen molar-refractivity contribution in [3.05, 3.63) is 17.5 Å². The second-order valence-corrected chi connectivity index (χ2v) is 6.35. The molecule has 126 valence electrons. The van der Waals surface area contributed by atoms with Crippen molar-refractivity contribution in [3.8, 4) is 0 Å². The standard InChI is InChI=1S/C16H24N4O3/c21-15-2-1-11(10-18-15)3-6-17-16(22)14-9-13(19-20-14)12-4-7-23-8-5-12/h9,11-12H,1-8,10H2,(H,17,22)(H,18,21)(H,19,20). The smallest absolute Gasteiger partial charge is 0.271 e. The number of aromatic amines is 1. The molecule has 7 heteroatoms. The molecule has 2 aliphatic rings. The number of nitrogens with one attached hydrogen (secondary N) is 3. The summed E-state index contributed by atoms with van der Waals surface area (Å²) in [6, 6.07) is 1.85. The van der Waals surface area contributed by atoms with Crippen LogP contribution >= 0.6 is 0 Å². The number of ether oxygens (including phenoxy) is 1. The summed E-state index contributed by atoms with van der Waals surface area (Å²) >= 11 is 0. The molecule has 0 aromatic carbocycles. The maximum absolute atomic E-state index is 12.1. The van der Waals surface area contributed by atoms with Gasteiger partial charge in [0.05, 0.1) is 0 Å².